The second kappa shape index (κ2) is 5.58. The molecule has 1 aliphatic rings. The van der Waals surface area contributed by atoms with Gasteiger partial charge in [-0.25, -0.2) is 9.37 Å². The van der Waals surface area contributed by atoms with Crippen LogP contribution in [0.5, 0.6) is 5.75 Å². The topological polar surface area (TPSA) is 57.9 Å². The molecule has 0 fully saturated rings. The second-order valence-electron chi connectivity index (χ2n) is 4.63. The molecule has 0 saturated heterocycles. The molecule has 3 rings (SSSR count). The van der Waals surface area contributed by atoms with E-state index in [2.05, 4.69) is 10.3 Å². The van der Waals surface area contributed by atoms with Gasteiger partial charge in [0.25, 0.3) is 0 Å². The molecule has 1 aromatic heterocycles. The summed E-state index contributed by atoms with van der Waals surface area (Å²) >= 11 is 5.86. The van der Waals surface area contributed by atoms with Crippen LogP contribution in [0.2, 0.25) is 5.02 Å². The number of rotatable bonds is 2. The van der Waals surface area contributed by atoms with E-state index >= 15 is 0 Å². The number of nitriles is 1. The van der Waals surface area contributed by atoms with Crippen LogP contribution in [0.3, 0.4) is 0 Å². The van der Waals surface area contributed by atoms with Crippen LogP contribution in [-0.4, -0.2) is 11.6 Å². The first-order valence-corrected chi connectivity index (χ1v) is 6.81. The van der Waals surface area contributed by atoms with Crippen molar-refractivity contribution < 1.29 is 9.13 Å². The molecule has 0 bridgehead atoms. The zero-order valence-electron chi connectivity index (χ0n) is 10.9. The Morgan fingerprint density at radius 2 is 2.24 bits per heavy atom. The summed E-state index contributed by atoms with van der Waals surface area (Å²) in [7, 11) is 0. The van der Waals surface area contributed by atoms with E-state index in [9.17, 15) is 4.39 Å². The van der Waals surface area contributed by atoms with Crippen molar-refractivity contribution in [3.05, 3.63) is 52.4 Å². The smallest absolute Gasteiger partial charge is 0.165 e. The molecule has 0 amide bonds. The number of aromatic nitrogens is 1. The van der Waals surface area contributed by atoms with Crippen LogP contribution in [-0.2, 0) is 0 Å². The largest absolute Gasteiger partial charge is 0.490 e. The van der Waals surface area contributed by atoms with Gasteiger partial charge >= 0.3 is 0 Å². The monoisotopic (exact) mass is 303 g/mol. The Kier molecular flexibility index (Phi) is 3.63. The molecule has 0 unspecified atom stereocenters. The van der Waals surface area contributed by atoms with Gasteiger partial charge in [0.05, 0.1) is 17.7 Å². The van der Waals surface area contributed by atoms with Gasteiger partial charge in [-0.05, 0) is 18.2 Å². The van der Waals surface area contributed by atoms with Crippen molar-refractivity contribution in [1.82, 2.24) is 4.98 Å². The lowest BCUT2D eigenvalue weighted by atomic mass is 10.0. The van der Waals surface area contributed by atoms with Gasteiger partial charge in [0.1, 0.15) is 11.9 Å². The molecule has 2 heterocycles. The van der Waals surface area contributed by atoms with E-state index in [1.54, 1.807) is 18.2 Å². The molecule has 1 N–H and O–H groups in total. The van der Waals surface area contributed by atoms with Crippen molar-refractivity contribution in [3.8, 4) is 11.8 Å². The van der Waals surface area contributed by atoms with Crippen LogP contribution in [0.25, 0.3) is 0 Å². The van der Waals surface area contributed by atoms with E-state index in [4.69, 9.17) is 21.6 Å². The summed E-state index contributed by atoms with van der Waals surface area (Å²) in [6, 6.07) is 9.95. The summed E-state index contributed by atoms with van der Waals surface area (Å²) in [5.41, 5.74) is 0.907. The highest BCUT2D eigenvalue weighted by molar-refractivity contribution is 6.31. The lowest BCUT2D eigenvalue weighted by molar-refractivity contribution is 0.260. The third kappa shape index (κ3) is 2.63. The minimum atomic E-state index is -0.374. The zero-order valence-corrected chi connectivity index (χ0v) is 11.7. The molecule has 0 spiro atoms. The van der Waals surface area contributed by atoms with Crippen LogP contribution in [0.15, 0.2) is 30.3 Å². The van der Waals surface area contributed by atoms with E-state index in [1.165, 1.54) is 6.07 Å². The van der Waals surface area contributed by atoms with Crippen molar-refractivity contribution in [2.75, 3.05) is 11.9 Å². The fourth-order valence-corrected chi connectivity index (χ4v) is 2.46. The van der Waals surface area contributed by atoms with Gasteiger partial charge in [-0.2, -0.15) is 5.26 Å². The van der Waals surface area contributed by atoms with E-state index in [-0.39, 0.29) is 23.3 Å². The first-order valence-electron chi connectivity index (χ1n) is 6.43. The van der Waals surface area contributed by atoms with Crippen molar-refractivity contribution in [2.24, 2.45) is 0 Å². The Balaban J connectivity index is 1.91. The molecule has 2 aromatic rings. The van der Waals surface area contributed by atoms with Crippen LogP contribution >= 0.6 is 11.6 Å². The molecule has 0 aliphatic carbocycles. The number of ether oxygens (including phenoxy) is 1. The van der Waals surface area contributed by atoms with Gasteiger partial charge in [0.2, 0.25) is 0 Å². The molecule has 0 radical (unpaired) electrons. The Labute approximate surface area is 126 Å². The third-order valence-corrected chi connectivity index (χ3v) is 3.60. The maximum absolute atomic E-state index is 13.7. The lowest BCUT2D eigenvalue weighted by Gasteiger charge is -2.27. The maximum Gasteiger partial charge on any atom is 0.165 e. The fraction of sp³-hybridized carbons (Fsp3) is 0.200. The van der Waals surface area contributed by atoms with Crippen molar-refractivity contribution in [1.29, 1.82) is 5.26 Å². The van der Waals surface area contributed by atoms with Crippen molar-refractivity contribution in [3.63, 3.8) is 0 Å². The van der Waals surface area contributed by atoms with Gasteiger partial charge in [-0.15, -0.1) is 0 Å². The summed E-state index contributed by atoms with van der Waals surface area (Å²) in [4.78, 5) is 4.14. The molecule has 1 aromatic carbocycles. The first kappa shape index (κ1) is 13.7. The highest BCUT2D eigenvalue weighted by atomic mass is 35.5. The maximum atomic E-state index is 13.7. The van der Waals surface area contributed by atoms with Crippen LogP contribution in [0, 0.1) is 17.1 Å². The summed E-state index contributed by atoms with van der Waals surface area (Å²) in [6.45, 7) is 0.421. The summed E-state index contributed by atoms with van der Waals surface area (Å²) < 4.78 is 19.1. The molecule has 6 heteroatoms. The Bertz CT molecular complexity index is 729. The quantitative estimate of drug-likeness (QED) is 0.919. The minimum absolute atomic E-state index is 0.121. The summed E-state index contributed by atoms with van der Waals surface area (Å²) in [5, 5.41) is 12.5. The van der Waals surface area contributed by atoms with Gasteiger partial charge in [-0.3, -0.25) is 0 Å². The number of hydrogen-bond acceptors (Lipinski definition) is 4. The molecular weight excluding hydrogens is 293 g/mol. The molecular formula is C15H11ClFN3O. The summed E-state index contributed by atoms with van der Waals surface area (Å²) in [5.74, 6) is 0.426. The predicted octanol–water partition coefficient (Wildman–Crippen LogP) is 3.68. The van der Waals surface area contributed by atoms with Gasteiger partial charge in [-0.1, -0.05) is 23.7 Å². The SMILES string of the molecule is N#Cc1nc(N[C@H]2CCOc3c(F)cccc32)ccc1Cl. The Morgan fingerprint density at radius 3 is 3.05 bits per heavy atom. The number of fused-ring (bicyclic) bond motifs is 1. The van der Waals surface area contributed by atoms with E-state index in [0.717, 1.165) is 5.56 Å². The Hall–Kier alpha value is -2.32. The van der Waals surface area contributed by atoms with E-state index in [1.807, 2.05) is 12.1 Å². The van der Waals surface area contributed by atoms with Crippen molar-refractivity contribution >= 4 is 17.4 Å². The molecule has 1 aliphatic heterocycles. The number of halogens is 2. The Morgan fingerprint density at radius 1 is 1.38 bits per heavy atom. The van der Waals surface area contributed by atoms with Gasteiger partial charge in [0.15, 0.2) is 17.3 Å². The minimum Gasteiger partial charge on any atom is -0.490 e. The van der Waals surface area contributed by atoms with Gasteiger partial charge < -0.3 is 10.1 Å². The normalized spacial score (nSPS) is 16.5. The summed E-state index contributed by atoms with van der Waals surface area (Å²) in [6.07, 6.45) is 0.683. The molecule has 106 valence electrons. The molecule has 4 nitrogen and oxygen atoms in total. The highest BCUT2D eigenvalue weighted by Gasteiger charge is 2.24. The number of anilines is 1. The standard InChI is InChI=1S/C15H11ClFN3O/c16-10-4-5-14(20-13(10)8-18)19-12-6-7-21-15-9(12)2-1-3-11(15)17/h1-5,12H,6-7H2,(H,19,20)/t12-/m0/s1. The number of hydrogen-bond donors (Lipinski definition) is 1. The van der Waals surface area contributed by atoms with Crippen LogP contribution in [0.1, 0.15) is 23.7 Å². The van der Waals surface area contributed by atoms with Gasteiger partial charge in [0, 0.05) is 12.0 Å². The lowest BCUT2D eigenvalue weighted by Crippen LogP contribution is -2.21. The first-order chi connectivity index (χ1) is 10.2. The number of benzene rings is 1. The fourth-order valence-electron chi connectivity index (χ4n) is 2.32. The number of para-hydroxylation sites is 1. The number of nitrogens with one attached hydrogen (secondary N) is 1. The number of nitrogens with zero attached hydrogens (tertiary/aromatic N) is 2. The third-order valence-electron chi connectivity index (χ3n) is 3.30. The van der Waals surface area contributed by atoms with E-state index in [0.29, 0.717) is 23.9 Å². The molecule has 1 atom stereocenters. The van der Waals surface area contributed by atoms with E-state index < -0.39 is 0 Å². The van der Waals surface area contributed by atoms with Crippen LogP contribution in [0.4, 0.5) is 10.2 Å². The highest BCUT2D eigenvalue weighted by Crippen LogP contribution is 2.35. The number of pyridine rings is 1. The molecule has 0 saturated carbocycles. The predicted molar refractivity (Wildman–Crippen MR) is 76.8 cm³/mol. The second-order valence-corrected chi connectivity index (χ2v) is 5.04. The van der Waals surface area contributed by atoms with Crippen LogP contribution < -0.4 is 10.1 Å². The molecule has 21 heavy (non-hydrogen) atoms. The zero-order chi connectivity index (χ0) is 14.8. The average Bonchev–Trinajstić information content (AvgIpc) is 2.50. The average molecular weight is 304 g/mol. The van der Waals surface area contributed by atoms with Crippen molar-refractivity contribution in [2.45, 2.75) is 12.5 Å².